The molecule has 1 aliphatic rings. The van der Waals surface area contributed by atoms with Crippen molar-refractivity contribution in [1.29, 1.82) is 0 Å². The van der Waals surface area contributed by atoms with E-state index in [2.05, 4.69) is 25.7 Å². The summed E-state index contributed by atoms with van der Waals surface area (Å²) in [7, 11) is 0. The lowest BCUT2D eigenvalue weighted by Gasteiger charge is -2.21. The number of benzene rings is 1. The summed E-state index contributed by atoms with van der Waals surface area (Å²) in [4.78, 5) is 11.4. The molecule has 0 atom stereocenters. The summed E-state index contributed by atoms with van der Waals surface area (Å²) < 4.78 is 0. The minimum atomic E-state index is -0.331. The second-order valence-electron chi connectivity index (χ2n) is 6.63. The molecule has 1 aromatic heterocycles. The number of nitrogens with zero attached hydrogens (tertiary/aromatic N) is 4. The van der Waals surface area contributed by atoms with Gasteiger partial charge in [0.05, 0.1) is 5.69 Å². The van der Waals surface area contributed by atoms with Crippen LogP contribution in [0.3, 0.4) is 0 Å². The second kappa shape index (κ2) is 8.85. The molecular formula is C19H23N5O2S. The van der Waals surface area contributed by atoms with E-state index in [0.717, 1.165) is 15.7 Å². The molecule has 0 aliphatic heterocycles. The fraction of sp³-hybridized carbons (Fsp3) is 0.421. The number of ketones is 1. The monoisotopic (exact) mass is 385 g/mol. The van der Waals surface area contributed by atoms with Crippen molar-refractivity contribution in [3.63, 3.8) is 0 Å². The Bertz CT molecular complexity index is 847. The second-order valence-corrected chi connectivity index (χ2v) is 7.61. The summed E-state index contributed by atoms with van der Waals surface area (Å²) >= 11 is 1.54. The Labute approximate surface area is 162 Å². The maximum absolute atomic E-state index is 11.4. The summed E-state index contributed by atoms with van der Waals surface area (Å²) in [6.45, 7) is 2.75. The van der Waals surface area contributed by atoms with Crippen LogP contribution in [0.5, 0.6) is 0 Å². The molecule has 3 rings (SSSR count). The molecule has 1 heterocycles. The number of hydrogen-bond donors (Lipinski definition) is 2. The van der Waals surface area contributed by atoms with E-state index in [0.29, 0.717) is 11.7 Å². The Hall–Kier alpha value is -2.61. The summed E-state index contributed by atoms with van der Waals surface area (Å²) in [5.74, 6) is -0.475. The van der Waals surface area contributed by atoms with Crippen molar-refractivity contribution in [2.45, 2.75) is 52.0 Å². The van der Waals surface area contributed by atoms with Gasteiger partial charge in [0.15, 0.2) is 11.5 Å². The van der Waals surface area contributed by atoms with E-state index < -0.39 is 0 Å². The predicted molar refractivity (Wildman–Crippen MR) is 106 cm³/mol. The first-order valence-electron chi connectivity index (χ1n) is 9.06. The molecule has 0 unspecified atom stereocenters. The molecule has 142 valence electrons. The first-order chi connectivity index (χ1) is 13.0. The highest BCUT2D eigenvalue weighted by Crippen LogP contribution is 2.30. The van der Waals surface area contributed by atoms with Crippen molar-refractivity contribution >= 4 is 27.9 Å². The van der Waals surface area contributed by atoms with Crippen LogP contribution in [0.25, 0.3) is 10.6 Å². The Morgan fingerprint density at radius 2 is 1.85 bits per heavy atom. The summed E-state index contributed by atoms with van der Waals surface area (Å²) in [6, 6.07) is 7.86. The fourth-order valence-corrected chi connectivity index (χ4v) is 3.82. The lowest BCUT2D eigenvalue weighted by molar-refractivity contribution is -0.113. The van der Waals surface area contributed by atoms with Gasteiger partial charge in [0, 0.05) is 18.5 Å². The number of aromatic nitrogens is 2. The average molecular weight is 385 g/mol. The quantitative estimate of drug-likeness (QED) is 0.393. The SMILES string of the molecule is CC(=O)/C(N=Nc1ccc(-c2nnc(NC3CCCCC3)s2)cc1)=C(/C)O. The van der Waals surface area contributed by atoms with Gasteiger partial charge in [0.1, 0.15) is 10.8 Å². The van der Waals surface area contributed by atoms with Gasteiger partial charge in [0.2, 0.25) is 5.13 Å². The van der Waals surface area contributed by atoms with Crippen molar-refractivity contribution in [3.8, 4) is 10.6 Å². The number of nitrogens with one attached hydrogen (secondary N) is 1. The molecule has 8 heteroatoms. The van der Waals surface area contributed by atoms with Crippen LogP contribution in [0.1, 0.15) is 46.0 Å². The van der Waals surface area contributed by atoms with Crippen molar-refractivity contribution in [2.75, 3.05) is 5.32 Å². The highest BCUT2D eigenvalue weighted by atomic mass is 32.1. The maximum atomic E-state index is 11.4. The van der Waals surface area contributed by atoms with E-state index in [1.165, 1.54) is 57.3 Å². The maximum Gasteiger partial charge on any atom is 0.206 e. The molecule has 1 fully saturated rings. The largest absolute Gasteiger partial charge is 0.510 e. The first kappa shape index (κ1) is 19.2. The highest BCUT2D eigenvalue weighted by Gasteiger charge is 2.15. The summed E-state index contributed by atoms with van der Waals surface area (Å²) in [6.07, 6.45) is 6.26. The van der Waals surface area contributed by atoms with Crippen LogP contribution in [0.15, 0.2) is 46.0 Å². The number of allylic oxidation sites excluding steroid dienone is 2. The van der Waals surface area contributed by atoms with Crippen LogP contribution in [-0.2, 0) is 4.79 Å². The minimum absolute atomic E-state index is 0.0402. The number of aliphatic hydroxyl groups is 1. The summed E-state index contributed by atoms with van der Waals surface area (Å²) in [5, 5.41) is 31.0. The van der Waals surface area contributed by atoms with E-state index in [4.69, 9.17) is 0 Å². The van der Waals surface area contributed by atoms with Crippen LogP contribution in [-0.4, -0.2) is 27.1 Å². The van der Waals surface area contributed by atoms with Gasteiger partial charge in [-0.3, -0.25) is 4.79 Å². The minimum Gasteiger partial charge on any atom is -0.510 e. The smallest absolute Gasteiger partial charge is 0.206 e. The Morgan fingerprint density at radius 1 is 1.15 bits per heavy atom. The number of carbonyl (C=O) groups excluding carboxylic acids is 1. The lowest BCUT2D eigenvalue weighted by Crippen LogP contribution is -2.21. The van der Waals surface area contributed by atoms with Crippen LogP contribution >= 0.6 is 11.3 Å². The molecule has 2 N–H and O–H groups in total. The zero-order valence-corrected chi connectivity index (χ0v) is 16.3. The Morgan fingerprint density at radius 3 is 2.48 bits per heavy atom. The highest BCUT2D eigenvalue weighted by molar-refractivity contribution is 7.18. The Kier molecular flexibility index (Phi) is 6.28. The Balaban J connectivity index is 1.67. The van der Waals surface area contributed by atoms with Crippen LogP contribution in [0.2, 0.25) is 0 Å². The van der Waals surface area contributed by atoms with Crippen molar-refractivity contribution in [2.24, 2.45) is 10.2 Å². The van der Waals surface area contributed by atoms with E-state index >= 15 is 0 Å². The number of aliphatic hydroxyl groups excluding tert-OH is 1. The third kappa shape index (κ3) is 5.19. The molecule has 27 heavy (non-hydrogen) atoms. The van der Waals surface area contributed by atoms with Gasteiger partial charge in [-0.25, -0.2) is 0 Å². The van der Waals surface area contributed by atoms with Crippen molar-refractivity contribution in [3.05, 3.63) is 35.7 Å². The number of azo groups is 1. The van der Waals surface area contributed by atoms with Gasteiger partial charge in [0.25, 0.3) is 0 Å². The standard InChI is InChI=1S/C19H23N5O2S/c1-12(25)17(13(2)26)22-21-16-10-8-14(9-11-16)18-23-24-19(27-18)20-15-6-4-3-5-7-15/h8-11,15,25H,3-7H2,1-2H3,(H,20,24)/b17-12+,22-21?. The van der Waals surface area contributed by atoms with Gasteiger partial charge in [-0.2, -0.15) is 5.11 Å². The first-order valence-corrected chi connectivity index (χ1v) is 9.87. The van der Waals surface area contributed by atoms with Crippen LogP contribution < -0.4 is 5.32 Å². The van der Waals surface area contributed by atoms with Gasteiger partial charge in [-0.1, -0.05) is 30.6 Å². The lowest BCUT2D eigenvalue weighted by atomic mass is 9.96. The van der Waals surface area contributed by atoms with E-state index in [9.17, 15) is 9.90 Å². The molecule has 0 spiro atoms. The normalized spacial score (nSPS) is 16.4. The topological polar surface area (TPSA) is 99.8 Å². The number of anilines is 1. The molecule has 1 aliphatic carbocycles. The third-order valence-corrected chi connectivity index (χ3v) is 5.32. The molecular weight excluding hydrogens is 362 g/mol. The molecule has 0 saturated heterocycles. The number of carbonyl (C=O) groups is 1. The van der Waals surface area contributed by atoms with E-state index in [1.54, 1.807) is 12.1 Å². The fourth-order valence-electron chi connectivity index (χ4n) is 3.00. The van der Waals surface area contributed by atoms with Gasteiger partial charge < -0.3 is 10.4 Å². The van der Waals surface area contributed by atoms with Gasteiger partial charge in [-0.05, 0) is 44.0 Å². The van der Waals surface area contributed by atoms with Crippen LogP contribution in [0.4, 0.5) is 10.8 Å². The molecule has 1 saturated carbocycles. The summed E-state index contributed by atoms with van der Waals surface area (Å²) in [5.41, 5.74) is 1.49. The average Bonchev–Trinajstić information content (AvgIpc) is 3.11. The van der Waals surface area contributed by atoms with Crippen LogP contribution in [0, 0.1) is 0 Å². The van der Waals surface area contributed by atoms with E-state index in [-0.39, 0.29) is 17.2 Å². The predicted octanol–water partition coefficient (Wildman–Crippen LogP) is 5.41. The number of rotatable bonds is 6. The van der Waals surface area contributed by atoms with E-state index in [1.807, 2.05) is 12.1 Å². The zero-order valence-electron chi connectivity index (χ0n) is 15.5. The van der Waals surface area contributed by atoms with Gasteiger partial charge in [-0.15, -0.1) is 15.3 Å². The molecule has 0 bridgehead atoms. The molecule has 1 aromatic carbocycles. The number of hydrogen-bond acceptors (Lipinski definition) is 8. The molecule has 0 radical (unpaired) electrons. The van der Waals surface area contributed by atoms with Crippen molar-refractivity contribution in [1.82, 2.24) is 10.2 Å². The molecule has 2 aromatic rings. The zero-order chi connectivity index (χ0) is 19.2. The third-order valence-electron chi connectivity index (χ3n) is 4.41. The number of Topliss-reactive ketones (excluding diaryl/α,β-unsaturated/α-hetero) is 1. The van der Waals surface area contributed by atoms with Gasteiger partial charge >= 0.3 is 0 Å². The molecule has 7 nitrogen and oxygen atoms in total. The molecule has 0 amide bonds. The van der Waals surface area contributed by atoms with Crippen molar-refractivity contribution < 1.29 is 9.90 Å².